The largest absolute Gasteiger partial charge is 0.459 e. The van der Waals surface area contributed by atoms with Crippen LogP contribution in [0.3, 0.4) is 0 Å². The van der Waals surface area contributed by atoms with Gasteiger partial charge in [-0.2, -0.15) is 0 Å². The van der Waals surface area contributed by atoms with Crippen LogP contribution in [-0.2, 0) is 27.5 Å². The van der Waals surface area contributed by atoms with Crippen LogP contribution in [0.2, 0.25) is 0 Å². The molecule has 3 N–H and O–H groups in total. The number of ether oxygens (including phenoxy) is 5. The van der Waals surface area contributed by atoms with Crippen LogP contribution in [0.1, 0.15) is 146 Å². The zero-order valence-electron chi connectivity index (χ0n) is 41.6. The van der Waals surface area contributed by atoms with Crippen molar-refractivity contribution >= 4 is 17.7 Å². The number of aliphatic hydroxyl groups excluding tert-OH is 2. The van der Waals surface area contributed by atoms with E-state index in [4.69, 9.17) is 33.7 Å². The molecule has 3 aromatic carbocycles. The second-order valence-electron chi connectivity index (χ2n) is 19.2. The zero-order valence-corrected chi connectivity index (χ0v) is 41.6. The first kappa shape index (κ1) is 52.5. The van der Waals surface area contributed by atoms with Gasteiger partial charge in [-0.15, -0.1) is 6.58 Å². The van der Waals surface area contributed by atoms with Crippen LogP contribution in [0.4, 0.5) is 4.79 Å². The lowest BCUT2D eigenvalue weighted by Crippen LogP contribution is -2.70. The molecule has 13 heteroatoms. The average molecular weight is 964 g/mol. The lowest BCUT2D eigenvalue weighted by Gasteiger charge is -2.60. The number of nitrogens with zero attached hydrogens (tertiary/aromatic N) is 2. The minimum atomic E-state index is -1.44. The van der Waals surface area contributed by atoms with Crippen molar-refractivity contribution in [1.29, 1.82) is 0 Å². The van der Waals surface area contributed by atoms with E-state index in [2.05, 4.69) is 24.9 Å². The predicted octanol–water partition coefficient (Wildman–Crippen LogP) is 11.3. The van der Waals surface area contributed by atoms with Crippen LogP contribution in [0.25, 0.3) is 0 Å². The third-order valence-corrected chi connectivity index (χ3v) is 14.4. The fourth-order valence-corrected chi connectivity index (χ4v) is 11.1. The lowest BCUT2D eigenvalue weighted by molar-refractivity contribution is -0.258. The molecule has 3 aromatic rings. The van der Waals surface area contributed by atoms with E-state index in [-0.39, 0.29) is 63.2 Å². The molecule has 0 spiro atoms. The summed E-state index contributed by atoms with van der Waals surface area (Å²) in [6.07, 6.45) is 18.8. The van der Waals surface area contributed by atoms with Gasteiger partial charge in [0.25, 0.3) is 0 Å². The number of hydrogen-bond acceptors (Lipinski definition) is 11. The number of amides is 2. The molecule has 6 unspecified atom stereocenters. The second-order valence-corrected chi connectivity index (χ2v) is 19.2. The molecule has 1 saturated carbocycles. The number of rotatable bonds is 29. The van der Waals surface area contributed by atoms with Gasteiger partial charge in [0, 0.05) is 50.6 Å². The molecule has 0 bridgehead atoms. The number of nitrogens with one attached hydrogen (secondary N) is 1. The van der Waals surface area contributed by atoms with Crippen LogP contribution in [0.5, 0.6) is 23.0 Å². The molecule has 2 heterocycles. The van der Waals surface area contributed by atoms with Crippen molar-refractivity contribution < 1.29 is 48.3 Å². The highest BCUT2D eigenvalue weighted by atomic mass is 16.7. The summed E-state index contributed by atoms with van der Waals surface area (Å²) >= 11 is 0. The Kier molecular flexibility index (Phi) is 20.0. The number of hydrogen-bond donors (Lipinski definition) is 3. The van der Waals surface area contributed by atoms with E-state index in [1.165, 1.54) is 32.1 Å². The van der Waals surface area contributed by atoms with Crippen LogP contribution in [0, 0.1) is 17.8 Å². The fraction of sp³-hybridized carbons (Fsp3) is 0.561. The lowest BCUT2D eigenvalue weighted by atomic mass is 9.55. The van der Waals surface area contributed by atoms with E-state index >= 15 is 4.79 Å². The van der Waals surface area contributed by atoms with Crippen molar-refractivity contribution in [1.82, 2.24) is 10.2 Å². The van der Waals surface area contributed by atoms with E-state index in [1.54, 1.807) is 12.1 Å². The maximum atomic E-state index is 15.3. The quantitative estimate of drug-likeness (QED) is 0.0347. The van der Waals surface area contributed by atoms with Crippen LogP contribution in [-0.4, -0.2) is 77.9 Å². The van der Waals surface area contributed by atoms with Crippen molar-refractivity contribution in [2.24, 2.45) is 22.9 Å². The molecule has 7 rings (SSSR count). The van der Waals surface area contributed by atoms with Gasteiger partial charge in [0.2, 0.25) is 18.5 Å². The van der Waals surface area contributed by atoms with E-state index in [1.807, 2.05) is 72.5 Å². The van der Waals surface area contributed by atoms with Crippen molar-refractivity contribution in [3.05, 3.63) is 108 Å². The highest BCUT2D eigenvalue weighted by Gasteiger charge is 2.65. The Morgan fingerprint density at radius 2 is 1.57 bits per heavy atom. The van der Waals surface area contributed by atoms with Gasteiger partial charge in [-0.25, -0.2) is 4.79 Å². The summed E-state index contributed by atoms with van der Waals surface area (Å²) in [5.74, 6) is 0.0549. The Labute approximate surface area is 415 Å². The standard InChI is InChI=1S/C57H77N3O10/c1-4-7-8-9-10-11-12-13-17-26-53(63)60(39-42-27-29-50-51(34-42)66-40-65-50)52-37-48(59-68-6-3)46-35-43(24-18-20-31-61)45(25-19-21-32-62)54-47-36-44(69-56(64)58-38-41-22-15-14-16-23-41)28-30-49(47)70-57(52,55(46)54)67-33-5-2/h5,14-16,22-23,27-30,34-36,43,45,52,54-55,61-62H,2,4,6-13,17-21,24-26,31-33,37-40H2,1,3H3,(H,58,64). The highest BCUT2D eigenvalue weighted by Crippen LogP contribution is 2.62. The molecule has 2 aliphatic heterocycles. The smallest absolute Gasteiger partial charge is 0.412 e. The molecule has 2 aliphatic carbocycles. The second kappa shape index (κ2) is 26.7. The third-order valence-electron chi connectivity index (χ3n) is 14.4. The molecule has 4 aliphatic rings. The third kappa shape index (κ3) is 13.1. The monoisotopic (exact) mass is 964 g/mol. The molecule has 0 aromatic heterocycles. The zero-order chi connectivity index (χ0) is 49.1. The molecule has 13 nitrogen and oxygen atoms in total. The van der Waals surface area contributed by atoms with E-state index in [9.17, 15) is 15.0 Å². The Balaban J connectivity index is 1.33. The summed E-state index contributed by atoms with van der Waals surface area (Å²) in [6, 6.07) is 20.4. The first-order valence-corrected chi connectivity index (χ1v) is 26.2. The van der Waals surface area contributed by atoms with Crippen LogP contribution < -0.4 is 24.3 Å². The maximum Gasteiger partial charge on any atom is 0.412 e. The molecule has 0 radical (unpaired) electrons. The summed E-state index contributed by atoms with van der Waals surface area (Å²) in [6.45, 7) is 9.59. The van der Waals surface area contributed by atoms with Crippen molar-refractivity contribution in [2.45, 2.75) is 154 Å². The van der Waals surface area contributed by atoms with E-state index in [0.29, 0.717) is 55.4 Å². The molecule has 6 atom stereocenters. The van der Waals surface area contributed by atoms with Gasteiger partial charge < -0.3 is 49.0 Å². The van der Waals surface area contributed by atoms with Crippen molar-refractivity contribution in [3.8, 4) is 23.0 Å². The number of oxime groups is 1. The van der Waals surface area contributed by atoms with Crippen LogP contribution >= 0.6 is 0 Å². The Morgan fingerprint density at radius 3 is 2.31 bits per heavy atom. The Morgan fingerprint density at radius 1 is 0.843 bits per heavy atom. The number of carbonyl (C=O) groups is 2. The molecule has 0 saturated heterocycles. The molecule has 380 valence electrons. The SMILES string of the molecule is C=CCOC12Oc3ccc(OC(=O)NCc4ccccc4)cc3C3C(CCCCO)C(CCCCO)C=C(C(=NOCC)CC1N(Cc1ccc4c(c1)OCO4)C(=O)CCCCCCCCCCC)C32. The number of carbonyl (C=O) groups excluding carboxylic acids is 2. The summed E-state index contributed by atoms with van der Waals surface area (Å²) in [4.78, 5) is 36.6. The highest BCUT2D eigenvalue weighted by molar-refractivity contribution is 6.03. The Bertz CT molecular complexity index is 2210. The summed E-state index contributed by atoms with van der Waals surface area (Å²) < 4.78 is 32.2. The number of aliphatic hydroxyl groups is 2. The van der Waals surface area contributed by atoms with Gasteiger partial charge in [0.1, 0.15) is 24.1 Å². The van der Waals surface area contributed by atoms with E-state index < -0.39 is 23.8 Å². The number of allylic oxidation sites excluding steroid dienone is 1. The topological polar surface area (TPSA) is 158 Å². The normalized spacial score (nSPS) is 22.3. The van der Waals surface area contributed by atoms with Crippen molar-refractivity contribution in [3.63, 3.8) is 0 Å². The number of benzene rings is 3. The minimum Gasteiger partial charge on any atom is -0.459 e. The first-order chi connectivity index (χ1) is 34.3. The van der Waals surface area contributed by atoms with Gasteiger partial charge >= 0.3 is 6.09 Å². The summed E-state index contributed by atoms with van der Waals surface area (Å²) in [7, 11) is 0. The van der Waals surface area contributed by atoms with Gasteiger partial charge in [-0.1, -0.05) is 125 Å². The van der Waals surface area contributed by atoms with Gasteiger partial charge in [0.05, 0.1) is 18.2 Å². The summed E-state index contributed by atoms with van der Waals surface area (Å²) in [5, 5.41) is 27.8. The first-order valence-electron chi connectivity index (χ1n) is 26.2. The molecule has 70 heavy (non-hydrogen) atoms. The van der Waals surface area contributed by atoms with Crippen LogP contribution in [0.15, 0.2) is 96.2 Å². The fourth-order valence-electron chi connectivity index (χ4n) is 11.1. The molecular weight excluding hydrogens is 887 g/mol. The number of fused-ring (bicyclic) bond motifs is 3. The minimum absolute atomic E-state index is 0.00239. The van der Waals surface area contributed by atoms with Crippen molar-refractivity contribution in [2.75, 3.05) is 33.2 Å². The molecular formula is C57H77N3O10. The van der Waals surface area contributed by atoms with Gasteiger partial charge in [-0.3, -0.25) is 4.79 Å². The number of unbranched alkanes of at least 4 members (excludes halogenated alkanes) is 10. The van der Waals surface area contributed by atoms with Gasteiger partial charge in [-0.05, 0) is 97.9 Å². The Hall–Kier alpha value is -5.37. The molecule has 2 amide bonds. The predicted molar refractivity (Wildman–Crippen MR) is 271 cm³/mol. The molecule has 1 fully saturated rings. The van der Waals surface area contributed by atoms with E-state index in [0.717, 1.165) is 79.3 Å². The van der Waals surface area contributed by atoms with Gasteiger partial charge in [0.15, 0.2) is 11.5 Å². The average Bonchev–Trinajstić information content (AvgIpc) is 3.85. The maximum absolute atomic E-state index is 15.3. The summed E-state index contributed by atoms with van der Waals surface area (Å²) in [5.41, 5.74) is 4.36.